The number of esters is 1. The second kappa shape index (κ2) is 9.31. The minimum absolute atomic E-state index is 0.0486. The topological polar surface area (TPSA) is 102 Å². The lowest BCUT2D eigenvalue weighted by atomic mass is 10.3. The average molecular weight is 405 g/mol. The SMILES string of the molecule is CCOCC(=O)OCC(=O)Nc1cc(S(=O)(=O)N2CCCC2)ccc1Cl. The van der Waals surface area contributed by atoms with E-state index in [0.29, 0.717) is 19.7 Å². The van der Waals surface area contributed by atoms with Crippen molar-refractivity contribution in [2.45, 2.75) is 24.7 Å². The molecule has 0 saturated carbocycles. The predicted molar refractivity (Wildman–Crippen MR) is 95.5 cm³/mol. The van der Waals surface area contributed by atoms with Crippen LogP contribution in [0, 0.1) is 0 Å². The molecule has 26 heavy (non-hydrogen) atoms. The smallest absolute Gasteiger partial charge is 0.332 e. The van der Waals surface area contributed by atoms with E-state index >= 15 is 0 Å². The summed E-state index contributed by atoms with van der Waals surface area (Å²) >= 11 is 6.03. The van der Waals surface area contributed by atoms with Crippen molar-refractivity contribution in [3.63, 3.8) is 0 Å². The molecule has 1 aromatic carbocycles. The molecular weight excluding hydrogens is 384 g/mol. The maximum absolute atomic E-state index is 12.6. The molecule has 0 atom stereocenters. The summed E-state index contributed by atoms with van der Waals surface area (Å²) in [5.74, 6) is -1.30. The summed E-state index contributed by atoms with van der Waals surface area (Å²) in [5, 5.41) is 2.63. The number of halogens is 1. The number of sulfonamides is 1. The summed E-state index contributed by atoms with van der Waals surface area (Å²) in [7, 11) is -3.63. The number of nitrogens with one attached hydrogen (secondary N) is 1. The lowest BCUT2D eigenvalue weighted by molar-refractivity contribution is -0.151. The molecule has 0 aromatic heterocycles. The molecule has 144 valence electrons. The van der Waals surface area contributed by atoms with Crippen molar-refractivity contribution in [2.24, 2.45) is 0 Å². The minimum atomic E-state index is -3.63. The Morgan fingerprint density at radius 2 is 1.92 bits per heavy atom. The number of ether oxygens (including phenoxy) is 2. The van der Waals surface area contributed by atoms with E-state index in [1.54, 1.807) is 6.92 Å². The summed E-state index contributed by atoms with van der Waals surface area (Å²) in [4.78, 5) is 23.3. The molecule has 0 aliphatic carbocycles. The molecule has 1 fully saturated rings. The Hall–Kier alpha value is -1.68. The molecule has 1 saturated heterocycles. The number of hydrogen-bond acceptors (Lipinski definition) is 6. The highest BCUT2D eigenvalue weighted by Crippen LogP contribution is 2.28. The third kappa shape index (κ3) is 5.41. The van der Waals surface area contributed by atoms with Crippen LogP contribution in [0.4, 0.5) is 5.69 Å². The maximum atomic E-state index is 12.6. The molecule has 1 aliphatic rings. The van der Waals surface area contributed by atoms with E-state index in [9.17, 15) is 18.0 Å². The molecule has 1 N–H and O–H groups in total. The van der Waals surface area contributed by atoms with Gasteiger partial charge in [0.1, 0.15) is 6.61 Å². The quantitative estimate of drug-likeness (QED) is 0.661. The fraction of sp³-hybridized carbons (Fsp3) is 0.500. The van der Waals surface area contributed by atoms with Crippen LogP contribution in [0.1, 0.15) is 19.8 Å². The fourth-order valence-electron chi connectivity index (χ4n) is 2.40. The van der Waals surface area contributed by atoms with Crippen LogP contribution in [0.25, 0.3) is 0 Å². The lowest BCUT2D eigenvalue weighted by Crippen LogP contribution is -2.28. The van der Waals surface area contributed by atoms with Crippen molar-refractivity contribution in [1.82, 2.24) is 4.31 Å². The van der Waals surface area contributed by atoms with E-state index in [1.165, 1.54) is 22.5 Å². The van der Waals surface area contributed by atoms with Gasteiger partial charge in [-0.3, -0.25) is 4.79 Å². The second-order valence-electron chi connectivity index (χ2n) is 5.60. The lowest BCUT2D eigenvalue weighted by Gasteiger charge is -2.16. The molecule has 8 nitrogen and oxygen atoms in total. The van der Waals surface area contributed by atoms with E-state index in [2.05, 4.69) is 5.32 Å². The van der Waals surface area contributed by atoms with Crippen LogP contribution in [0.3, 0.4) is 0 Å². The number of amides is 1. The first-order valence-corrected chi connectivity index (χ1v) is 9.99. The van der Waals surface area contributed by atoms with Crippen LogP contribution < -0.4 is 5.32 Å². The molecule has 0 unspecified atom stereocenters. The Morgan fingerprint density at radius 3 is 2.58 bits per heavy atom. The fourth-order valence-corrected chi connectivity index (χ4v) is 4.11. The van der Waals surface area contributed by atoms with E-state index in [1.807, 2.05) is 0 Å². The van der Waals surface area contributed by atoms with Gasteiger partial charge < -0.3 is 14.8 Å². The maximum Gasteiger partial charge on any atom is 0.332 e. The zero-order valence-corrected chi connectivity index (χ0v) is 15.9. The number of anilines is 1. The normalized spacial score (nSPS) is 15.0. The highest BCUT2D eigenvalue weighted by Gasteiger charge is 2.27. The van der Waals surface area contributed by atoms with Crippen molar-refractivity contribution >= 4 is 39.2 Å². The van der Waals surface area contributed by atoms with Crippen LogP contribution >= 0.6 is 11.6 Å². The van der Waals surface area contributed by atoms with Gasteiger partial charge in [0.25, 0.3) is 5.91 Å². The van der Waals surface area contributed by atoms with Gasteiger partial charge in [0.05, 0.1) is 15.6 Å². The van der Waals surface area contributed by atoms with Crippen molar-refractivity contribution in [3.8, 4) is 0 Å². The molecule has 0 radical (unpaired) electrons. The van der Waals surface area contributed by atoms with Crippen LogP contribution in [-0.4, -0.2) is 57.5 Å². The summed E-state index contributed by atoms with van der Waals surface area (Å²) in [6.45, 7) is 2.27. The first kappa shape index (κ1) is 20.6. The standard InChI is InChI=1S/C16H21ClN2O6S/c1-2-24-11-16(21)25-10-15(20)18-14-9-12(5-6-13(14)17)26(22,23)19-7-3-4-8-19/h5-6,9H,2-4,7-8,10-11H2,1H3,(H,18,20). The van der Waals surface area contributed by atoms with E-state index in [4.69, 9.17) is 21.1 Å². The van der Waals surface area contributed by atoms with Gasteiger partial charge in [0, 0.05) is 19.7 Å². The third-order valence-corrected chi connectivity index (χ3v) is 5.93. The van der Waals surface area contributed by atoms with Gasteiger partial charge in [-0.25, -0.2) is 13.2 Å². The average Bonchev–Trinajstić information content (AvgIpc) is 3.15. The van der Waals surface area contributed by atoms with Gasteiger partial charge in [-0.05, 0) is 38.0 Å². The zero-order chi connectivity index (χ0) is 19.2. The van der Waals surface area contributed by atoms with E-state index in [-0.39, 0.29) is 22.2 Å². The van der Waals surface area contributed by atoms with Gasteiger partial charge >= 0.3 is 5.97 Å². The first-order valence-electron chi connectivity index (χ1n) is 8.17. The number of carbonyl (C=O) groups is 2. The molecule has 10 heteroatoms. The van der Waals surface area contributed by atoms with Crippen LogP contribution in [0.5, 0.6) is 0 Å². The Labute approximate surface area is 157 Å². The van der Waals surface area contributed by atoms with E-state index < -0.39 is 28.5 Å². The Balaban J connectivity index is 2.03. The number of carbonyl (C=O) groups excluding carboxylic acids is 2. The molecule has 0 spiro atoms. The van der Waals surface area contributed by atoms with Crippen LogP contribution in [0.2, 0.25) is 5.02 Å². The molecular formula is C16H21ClN2O6S. The predicted octanol–water partition coefficient (Wildman–Crippen LogP) is 1.64. The number of nitrogens with zero attached hydrogens (tertiary/aromatic N) is 1. The number of hydrogen-bond donors (Lipinski definition) is 1. The van der Waals surface area contributed by atoms with Crippen LogP contribution in [-0.2, 0) is 29.1 Å². The third-order valence-electron chi connectivity index (χ3n) is 3.70. The Bertz CT molecular complexity index is 762. The van der Waals surface area contributed by atoms with E-state index in [0.717, 1.165) is 12.8 Å². The van der Waals surface area contributed by atoms with Crippen molar-refractivity contribution in [3.05, 3.63) is 23.2 Å². The Kier molecular flexibility index (Phi) is 7.39. The summed E-state index contributed by atoms with van der Waals surface area (Å²) in [5.41, 5.74) is 0.137. The summed E-state index contributed by atoms with van der Waals surface area (Å²) < 4.78 is 36.2. The monoisotopic (exact) mass is 404 g/mol. The van der Waals surface area contributed by atoms with Gasteiger partial charge in [0.15, 0.2) is 6.61 Å². The second-order valence-corrected chi connectivity index (χ2v) is 7.94. The molecule has 1 aromatic rings. The van der Waals surface area contributed by atoms with Gasteiger partial charge in [-0.2, -0.15) is 4.31 Å². The van der Waals surface area contributed by atoms with Crippen LogP contribution in [0.15, 0.2) is 23.1 Å². The first-order chi connectivity index (χ1) is 12.3. The molecule has 2 rings (SSSR count). The van der Waals surface area contributed by atoms with Gasteiger partial charge in [-0.1, -0.05) is 11.6 Å². The minimum Gasteiger partial charge on any atom is -0.454 e. The summed E-state index contributed by atoms with van der Waals surface area (Å²) in [6, 6.07) is 4.10. The zero-order valence-electron chi connectivity index (χ0n) is 14.4. The highest BCUT2D eigenvalue weighted by atomic mass is 35.5. The van der Waals surface area contributed by atoms with Crippen molar-refractivity contribution in [1.29, 1.82) is 0 Å². The van der Waals surface area contributed by atoms with Gasteiger partial charge in [-0.15, -0.1) is 0 Å². The van der Waals surface area contributed by atoms with Crippen molar-refractivity contribution < 1.29 is 27.5 Å². The molecule has 0 bridgehead atoms. The molecule has 1 aliphatic heterocycles. The van der Waals surface area contributed by atoms with Crippen molar-refractivity contribution in [2.75, 3.05) is 38.2 Å². The molecule has 1 heterocycles. The molecule has 1 amide bonds. The summed E-state index contributed by atoms with van der Waals surface area (Å²) in [6.07, 6.45) is 1.65. The largest absolute Gasteiger partial charge is 0.454 e. The Morgan fingerprint density at radius 1 is 1.23 bits per heavy atom. The number of rotatable bonds is 8. The highest BCUT2D eigenvalue weighted by molar-refractivity contribution is 7.89. The van der Waals surface area contributed by atoms with Gasteiger partial charge in [0.2, 0.25) is 10.0 Å². The number of benzene rings is 1.